The van der Waals surface area contributed by atoms with Crippen molar-refractivity contribution >= 4 is 40.2 Å². The molecule has 1 aliphatic heterocycles. The van der Waals surface area contributed by atoms with Crippen molar-refractivity contribution in [2.45, 2.75) is 19.3 Å². The van der Waals surface area contributed by atoms with Gasteiger partial charge in [-0.25, -0.2) is 0 Å². The highest BCUT2D eigenvalue weighted by atomic mass is 32.1. The van der Waals surface area contributed by atoms with E-state index in [-0.39, 0.29) is 0 Å². The molecule has 2 aromatic heterocycles. The molecule has 0 N–H and O–H groups in total. The van der Waals surface area contributed by atoms with Crippen molar-refractivity contribution in [3.8, 4) is 9.75 Å². The summed E-state index contributed by atoms with van der Waals surface area (Å²) in [7, 11) is 0. The molecule has 1 fully saturated rings. The normalized spacial score (nSPS) is 15.3. The van der Waals surface area contributed by atoms with Gasteiger partial charge in [-0.1, -0.05) is 0 Å². The molecule has 0 amide bonds. The van der Waals surface area contributed by atoms with E-state index in [2.05, 4.69) is 4.90 Å². The van der Waals surface area contributed by atoms with Gasteiger partial charge in [-0.15, -0.1) is 22.7 Å². The maximum absolute atomic E-state index is 11.3. The number of hydrogen-bond acceptors (Lipinski definition) is 5. The lowest BCUT2D eigenvalue weighted by molar-refractivity contribution is 0.111. The van der Waals surface area contributed by atoms with E-state index in [9.17, 15) is 9.59 Å². The van der Waals surface area contributed by atoms with Crippen LogP contribution in [0.3, 0.4) is 0 Å². The molecular formula is C15H15NO2S2. The number of nitrogens with zero attached hydrogens (tertiary/aromatic N) is 1. The van der Waals surface area contributed by atoms with E-state index in [0.717, 1.165) is 50.9 Å². The van der Waals surface area contributed by atoms with Gasteiger partial charge < -0.3 is 4.90 Å². The monoisotopic (exact) mass is 305 g/mol. The highest BCUT2D eigenvalue weighted by molar-refractivity contribution is 7.25. The molecule has 0 spiro atoms. The molecule has 20 heavy (non-hydrogen) atoms. The van der Waals surface area contributed by atoms with E-state index in [1.54, 1.807) is 11.3 Å². The Hall–Kier alpha value is -1.46. The fourth-order valence-corrected chi connectivity index (χ4v) is 4.58. The summed E-state index contributed by atoms with van der Waals surface area (Å²) in [4.78, 5) is 27.3. The Morgan fingerprint density at radius 3 is 2.40 bits per heavy atom. The quantitative estimate of drug-likeness (QED) is 0.798. The van der Waals surface area contributed by atoms with E-state index in [1.165, 1.54) is 30.6 Å². The summed E-state index contributed by atoms with van der Waals surface area (Å²) in [6, 6.07) is 5.73. The van der Waals surface area contributed by atoms with Crippen LogP contribution in [0.5, 0.6) is 0 Å². The molecule has 0 radical (unpaired) electrons. The molecule has 3 rings (SSSR count). The van der Waals surface area contributed by atoms with Gasteiger partial charge in [0, 0.05) is 28.4 Å². The number of hydrogen-bond donors (Lipinski definition) is 0. The Bertz CT molecular complexity index is 624. The number of carbonyl (C=O) groups is 2. The summed E-state index contributed by atoms with van der Waals surface area (Å²) < 4.78 is 0. The Labute approximate surface area is 125 Å². The van der Waals surface area contributed by atoms with Gasteiger partial charge in [0.25, 0.3) is 0 Å². The minimum Gasteiger partial charge on any atom is -0.363 e. The van der Waals surface area contributed by atoms with Gasteiger partial charge in [0.15, 0.2) is 12.6 Å². The van der Waals surface area contributed by atoms with Crippen molar-refractivity contribution < 1.29 is 9.59 Å². The van der Waals surface area contributed by atoms with Crippen LogP contribution in [0.4, 0.5) is 5.00 Å². The second-order valence-electron chi connectivity index (χ2n) is 4.86. The molecule has 0 atom stereocenters. The lowest BCUT2D eigenvalue weighted by Crippen LogP contribution is -2.29. The van der Waals surface area contributed by atoms with Gasteiger partial charge in [0.1, 0.15) is 5.00 Å². The van der Waals surface area contributed by atoms with Crippen molar-refractivity contribution in [2.24, 2.45) is 0 Å². The number of thiophene rings is 2. The number of carbonyl (C=O) groups excluding carboxylic acids is 2. The van der Waals surface area contributed by atoms with Crippen molar-refractivity contribution in [1.82, 2.24) is 0 Å². The van der Waals surface area contributed by atoms with Crippen molar-refractivity contribution in [2.75, 3.05) is 18.0 Å². The lowest BCUT2D eigenvalue weighted by Gasteiger charge is -2.27. The highest BCUT2D eigenvalue weighted by Gasteiger charge is 2.18. The van der Waals surface area contributed by atoms with Crippen LogP contribution < -0.4 is 4.90 Å². The number of rotatable bonds is 4. The molecule has 5 heteroatoms. The van der Waals surface area contributed by atoms with Crippen LogP contribution in [0, 0.1) is 0 Å². The number of anilines is 1. The minimum absolute atomic E-state index is 0.723. The molecule has 3 heterocycles. The van der Waals surface area contributed by atoms with Gasteiger partial charge in [-0.2, -0.15) is 0 Å². The van der Waals surface area contributed by atoms with E-state index >= 15 is 0 Å². The smallest absolute Gasteiger partial charge is 0.160 e. The third-order valence-electron chi connectivity index (χ3n) is 3.50. The summed E-state index contributed by atoms with van der Waals surface area (Å²) in [5.74, 6) is 0. The van der Waals surface area contributed by atoms with Crippen LogP contribution >= 0.6 is 22.7 Å². The maximum atomic E-state index is 11.3. The first-order valence-corrected chi connectivity index (χ1v) is 8.34. The summed E-state index contributed by atoms with van der Waals surface area (Å²) in [6.07, 6.45) is 5.48. The SMILES string of the molecule is O=Cc1ccc(-c2cc(C=O)c(N3CCCCC3)s2)s1. The molecule has 2 aromatic rings. The first kappa shape index (κ1) is 13.5. The van der Waals surface area contributed by atoms with E-state index in [1.807, 2.05) is 18.2 Å². The summed E-state index contributed by atoms with van der Waals surface area (Å²) in [6.45, 7) is 2.07. The Balaban J connectivity index is 1.94. The molecule has 1 aliphatic rings. The van der Waals surface area contributed by atoms with Crippen LogP contribution in [-0.2, 0) is 0 Å². The molecule has 104 valence electrons. The van der Waals surface area contributed by atoms with Crippen LogP contribution in [0.15, 0.2) is 18.2 Å². The van der Waals surface area contributed by atoms with Crippen LogP contribution in [0.25, 0.3) is 9.75 Å². The van der Waals surface area contributed by atoms with Crippen molar-refractivity contribution in [3.63, 3.8) is 0 Å². The molecule has 0 bridgehead atoms. The Kier molecular flexibility index (Phi) is 3.98. The maximum Gasteiger partial charge on any atom is 0.160 e. The molecule has 1 saturated heterocycles. The Morgan fingerprint density at radius 2 is 1.75 bits per heavy atom. The highest BCUT2D eigenvalue weighted by Crippen LogP contribution is 2.40. The zero-order valence-electron chi connectivity index (χ0n) is 11.0. The van der Waals surface area contributed by atoms with Gasteiger partial charge in [0.05, 0.1) is 4.88 Å². The topological polar surface area (TPSA) is 37.4 Å². The summed E-state index contributed by atoms with van der Waals surface area (Å²) in [5.41, 5.74) is 0.771. The fourth-order valence-electron chi connectivity index (χ4n) is 2.49. The van der Waals surface area contributed by atoms with E-state index < -0.39 is 0 Å². The second kappa shape index (κ2) is 5.89. The van der Waals surface area contributed by atoms with Crippen LogP contribution in [0.2, 0.25) is 0 Å². The molecule has 3 nitrogen and oxygen atoms in total. The number of piperidine rings is 1. The van der Waals surface area contributed by atoms with Gasteiger partial charge in [-0.05, 0) is 37.5 Å². The number of aldehydes is 2. The van der Waals surface area contributed by atoms with Crippen LogP contribution in [-0.4, -0.2) is 25.7 Å². The zero-order chi connectivity index (χ0) is 13.9. The first-order chi connectivity index (χ1) is 9.81. The molecular weight excluding hydrogens is 290 g/mol. The largest absolute Gasteiger partial charge is 0.363 e. The standard InChI is InChI=1S/C15H15NO2S2/c17-9-11-8-14(13-5-4-12(10-18)19-13)20-15(11)16-6-2-1-3-7-16/h4-5,8-10H,1-3,6-7H2. The molecule has 0 aliphatic carbocycles. The summed E-state index contributed by atoms with van der Waals surface area (Å²) >= 11 is 3.13. The fraction of sp³-hybridized carbons (Fsp3) is 0.333. The predicted molar refractivity (Wildman–Crippen MR) is 84.5 cm³/mol. The van der Waals surface area contributed by atoms with Crippen molar-refractivity contribution in [3.05, 3.63) is 28.6 Å². The Morgan fingerprint density at radius 1 is 0.950 bits per heavy atom. The van der Waals surface area contributed by atoms with E-state index in [0.29, 0.717) is 0 Å². The average Bonchev–Trinajstić information content (AvgIpc) is 3.14. The second-order valence-corrected chi connectivity index (χ2v) is 7.00. The third-order valence-corrected chi connectivity index (χ3v) is 5.91. The first-order valence-electron chi connectivity index (χ1n) is 6.71. The molecule has 0 saturated carbocycles. The van der Waals surface area contributed by atoms with Gasteiger partial charge in [0.2, 0.25) is 0 Å². The lowest BCUT2D eigenvalue weighted by atomic mass is 10.1. The van der Waals surface area contributed by atoms with E-state index in [4.69, 9.17) is 0 Å². The molecule has 0 aromatic carbocycles. The summed E-state index contributed by atoms with van der Waals surface area (Å²) in [5, 5.41) is 1.08. The van der Waals surface area contributed by atoms with Crippen LogP contribution in [0.1, 0.15) is 39.3 Å². The predicted octanol–water partition coefficient (Wildman–Crippen LogP) is 4.09. The third kappa shape index (κ3) is 2.55. The minimum atomic E-state index is 0.723. The average molecular weight is 305 g/mol. The molecule has 0 unspecified atom stereocenters. The van der Waals surface area contributed by atoms with Gasteiger partial charge in [-0.3, -0.25) is 9.59 Å². The zero-order valence-corrected chi connectivity index (χ0v) is 12.6. The van der Waals surface area contributed by atoms with Gasteiger partial charge >= 0.3 is 0 Å². The van der Waals surface area contributed by atoms with Crippen molar-refractivity contribution in [1.29, 1.82) is 0 Å².